The number of ether oxygens (including phenoxy) is 1. The van der Waals surface area contributed by atoms with Crippen LogP contribution in [0.2, 0.25) is 0 Å². The third kappa shape index (κ3) is 3.60. The molecule has 2 aromatic carbocycles. The number of hydrogen-bond acceptors (Lipinski definition) is 3. The summed E-state index contributed by atoms with van der Waals surface area (Å²) in [5.74, 6) is 0.909. The van der Waals surface area contributed by atoms with Crippen molar-refractivity contribution in [3.63, 3.8) is 0 Å². The Morgan fingerprint density at radius 3 is 2.62 bits per heavy atom. The molecule has 0 saturated heterocycles. The molecule has 112 valence electrons. The molecule has 21 heavy (non-hydrogen) atoms. The molecule has 0 amide bonds. The third-order valence-corrected chi connectivity index (χ3v) is 3.36. The second-order valence-corrected chi connectivity index (χ2v) is 5.11. The number of benzene rings is 2. The van der Waals surface area contributed by atoms with Crippen molar-refractivity contribution in [1.82, 2.24) is 0 Å². The van der Waals surface area contributed by atoms with E-state index in [4.69, 9.17) is 15.6 Å². The van der Waals surface area contributed by atoms with Crippen LogP contribution in [-0.2, 0) is 6.42 Å². The fraction of sp³-hybridized carbons (Fsp3) is 0.294. The number of nitrogens with two attached hydrogens (primary N) is 1. The minimum atomic E-state index is -0.333. The predicted molar refractivity (Wildman–Crippen MR) is 81.0 cm³/mol. The lowest BCUT2D eigenvalue weighted by Crippen LogP contribution is -2.08. The molecular formula is C17H20FNO2. The van der Waals surface area contributed by atoms with Crippen molar-refractivity contribution in [2.24, 2.45) is 5.73 Å². The molecule has 0 fully saturated rings. The Bertz CT molecular complexity index is 626. The van der Waals surface area contributed by atoms with Crippen molar-refractivity contribution in [1.29, 1.82) is 0 Å². The van der Waals surface area contributed by atoms with E-state index >= 15 is 0 Å². The summed E-state index contributed by atoms with van der Waals surface area (Å²) in [6, 6.07) is 10.2. The van der Waals surface area contributed by atoms with Crippen LogP contribution in [0.1, 0.15) is 29.7 Å². The van der Waals surface area contributed by atoms with E-state index in [1.165, 1.54) is 6.07 Å². The number of rotatable bonds is 5. The third-order valence-electron chi connectivity index (χ3n) is 3.36. The maximum Gasteiger partial charge on any atom is 0.132 e. The van der Waals surface area contributed by atoms with Gasteiger partial charge in [0, 0.05) is 18.2 Å². The maximum atomic E-state index is 13.7. The zero-order valence-corrected chi connectivity index (χ0v) is 12.3. The van der Waals surface area contributed by atoms with Crippen LogP contribution in [0.5, 0.6) is 11.5 Å². The summed E-state index contributed by atoms with van der Waals surface area (Å²) >= 11 is 0. The van der Waals surface area contributed by atoms with Gasteiger partial charge in [0.15, 0.2) is 0 Å². The fourth-order valence-corrected chi connectivity index (χ4v) is 2.16. The summed E-state index contributed by atoms with van der Waals surface area (Å²) in [4.78, 5) is 0. The first kappa shape index (κ1) is 15.5. The van der Waals surface area contributed by atoms with E-state index in [2.05, 4.69) is 0 Å². The largest absolute Gasteiger partial charge is 0.457 e. The number of aliphatic hydroxyl groups excluding tert-OH is 1. The summed E-state index contributed by atoms with van der Waals surface area (Å²) in [6.07, 6.45) is 0.504. The van der Waals surface area contributed by atoms with E-state index in [9.17, 15) is 4.39 Å². The van der Waals surface area contributed by atoms with Crippen LogP contribution >= 0.6 is 0 Å². The van der Waals surface area contributed by atoms with Gasteiger partial charge in [-0.15, -0.1) is 0 Å². The van der Waals surface area contributed by atoms with Gasteiger partial charge < -0.3 is 15.6 Å². The number of para-hydroxylation sites is 1. The van der Waals surface area contributed by atoms with Crippen LogP contribution in [0.15, 0.2) is 36.4 Å². The number of halogens is 1. The first-order valence-corrected chi connectivity index (χ1v) is 6.95. The molecule has 0 saturated carbocycles. The quantitative estimate of drug-likeness (QED) is 0.886. The van der Waals surface area contributed by atoms with E-state index in [0.717, 1.165) is 5.56 Å². The Labute approximate surface area is 124 Å². The summed E-state index contributed by atoms with van der Waals surface area (Å²) in [5.41, 5.74) is 7.93. The molecule has 3 N–H and O–H groups in total. The smallest absolute Gasteiger partial charge is 0.132 e. The maximum absolute atomic E-state index is 13.7. The molecule has 3 nitrogen and oxygen atoms in total. The molecule has 0 aliphatic carbocycles. The average molecular weight is 289 g/mol. The zero-order valence-electron chi connectivity index (χ0n) is 12.3. The van der Waals surface area contributed by atoms with Gasteiger partial charge in [-0.3, -0.25) is 0 Å². The van der Waals surface area contributed by atoms with Gasteiger partial charge in [0.1, 0.15) is 17.3 Å². The van der Waals surface area contributed by atoms with Crippen molar-refractivity contribution in [3.05, 3.63) is 58.9 Å². The molecule has 2 aromatic rings. The van der Waals surface area contributed by atoms with Crippen LogP contribution in [0.3, 0.4) is 0 Å². The first-order valence-electron chi connectivity index (χ1n) is 6.95. The molecule has 0 spiro atoms. The normalized spacial score (nSPS) is 12.2. The van der Waals surface area contributed by atoms with Gasteiger partial charge in [0.25, 0.3) is 0 Å². The topological polar surface area (TPSA) is 55.5 Å². The van der Waals surface area contributed by atoms with E-state index in [1.54, 1.807) is 19.9 Å². The Morgan fingerprint density at radius 1 is 1.24 bits per heavy atom. The standard InChI is InChI=1S/C17H20FNO2/c1-11-9-17(14(12(2)19)10-15(11)18)21-16-6-4-3-5-13(16)7-8-20/h3-6,9-10,12,20H,7-8,19H2,1-2H3/t12-/m1/s1. The summed E-state index contributed by atoms with van der Waals surface area (Å²) in [6.45, 7) is 3.52. The summed E-state index contributed by atoms with van der Waals surface area (Å²) < 4.78 is 19.6. The SMILES string of the molecule is Cc1cc(Oc2ccccc2CCO)c([C@@H](C)N)cc1F. The molecule has 0 aliphatic heterocycles. The fourth-order valence-electron chi connectivity index (χ4n) is 2.16. The van der Waals surface area contributed by atoms with Crippen molar-refractivity contribution in [2.75, 3.05) is 6.61 Å². The monoisotopic (exact) mass is 289 g/mol. The van der Waals surface area contributed by atoms with E-state index in [0.29, 0.717) is 29.0 Å². The average Bonchev–Trinajstić information content (AvgIpc) is 2.44. The molecule has 0 unspecified atom stereocenters. The summed E-state index contributed by atoms with van der Waals surface area (Å²) in [5, 5.41) is 9.11. The van der Waals surface area contributed by atoms with Crippen molar-refractivity contribution in [2.45, 2.75) is 26.3 Å². The predicted octanol–water partition coefficient (Wildman–Crippen LogP) is 3.48. The highest BCUT2D eigenvalue weighted by atomic mass is 19.1. The lowest BCUT2D eigenvalue weighted by atomic mass is 10.0. The number of aliphatic hydroxyl groups is 1. The second-order valence-electron chi connectivity index (χ2n) is 5.11. The van der Waals surface area contributed by atoms with Gasteiger partial charge in [-0.2, -0.15) is 0 Å². The van der Waals surface area contributed by atoms with E-state index in [-0.39, 0.29) is 18.5 Å². The highest BCUT2D eigenvalue weighted by Gasteiger charge is 2.14. The highest BCUT2D eigenvalue weighted by molar-refractivity contribution is 5.44. The van der Waals surface area contributed by atoms with Crippen LogP contribution in [0, 0.1) is 12.7 Å². The molecule has 0 radical (unpaired) electrons. The van der Waals surface area contributed by atoms with Crippen LogP contribution in [0.4, 0.5) is 4.39 Å². The Hall–Kier alpha value is -1.91. The molecule has 0 aromatic heterocycles. The molecule has 2 rings (SSSR count). The van der Waals surface area contributed by atoms with Gasteiger partial charge in [-0.1, -0.05) is 18.2 Å². The zero-order chi connectivity index (χ0) is 15.4. The second kappa shape index (κ2) is 6.70. The Kier molecular flexibility index (Phi) is 4.94. The van der Waals surface area contributed by atoms with Crippen LogP contribution in [-0.4, -0.2) is 11.7 Å². The van der Waals surface area contributed by atoms with Gasteiger partial charge in [0.2, 0.25) is 0 Å². The van der Waals surface area contributed by atoms with Crippen molar-refractivity contribution >= 4 is 0 Å². The van der Waals surface area contributed by atoms with Crippen LogP contribution < -0.4 is 10.5 Å². The van der Waals surface area contributed by atoms with Gasteiger partial charge in [-0.25, -0.2) is 4.39 Å². The minimum absolute atomic E-state index is 0.0446. The summed E-state index contributed by atoms with van der Waals surface area (Å²) in [7, 11) is 0. The Balaban J connectivity index is 2.41. The van der Waals surface area contributed by atoms with E-state index < -0.39 is 0 Å². The molecule has 4 heteroatoms. The number of hydrogen-bond donors (Lipinski definition) is 2. The van der Waals surface area contributed by atoms with Gasteiger partial charge >= 0.3 is 0 Å². The molecule has 0 heterocycles. The lowest BCUT2D eigenvalue weighted by molar-refractivity contribution is 0.297. The highest BCUT2D eigenvalue weighted by Crippen LogP contribution is 2.32. The van der Waals surface area contributed by atoms with Crippen molar-refractivity contribution < 1.29 is 14.2 Å². The Morgan fingerprint density at radius 2 is 1.95 bits per heavy atom. The minimum Gasteiger partial charge on any atom is -0.457 e. The molecule has 1 atom stereocenters. The molecule has 0 bridgehead atoms. The lowest BCUT2D eigenvalue weighted by Gasteiger charge is -2.17. The van der Waals surface area contributed by atoms with Gasteiger partial charge in [-0.05, 0) is 49.6 Å². The van der Waals surface area contributed by atoms with Crippen LogP contribution in [0.25, 0.3) is 0 Å². The van der Waals surface area contributed by atoms with Crippen molar-refractivity contribution in [3.8, 4) is 11.5 Å². The molecule has 0 aliphatic rings. The van der Waals surface area contributed by atoms with E-state index in [1.807, 2.05) is 24.3 Å². The first-order chi connectivity index (χ1) is 10.0. The van der Waals surface area contributed by atoms with Gasteiger partial charge in [0.05, 0.1) is 0 Å². The number of aryl methyl sites for hydroxylation is 1. The molecular weight excluding hydrogens is 269 g/mol.